The van der Waals surface area contributed by atoms with Gasteiger partial charge in [0, 0.05) is 6.42 Å². The number of aliphatic hydroxyl groups is 1. The molecule has 1 aliphatic rings. The molecule has 0 bridgehead atoms. The summed E-state index contributed by atoms with van der Waals surface area (Å²) in [5.74, 6) is 0.685. The third-order valence-electron chi connectivity index (χ3n) is 1.49. The van der Waals surface area contributed by atoms with Gasteiger partial charge in [0.05, 0.1) is 11.6 Å². The molecule has 1 heterocycles. The van der Waals surface area contributed by atoms with Crippen LogP contribution >= 0.6 is 0 Å². The standard InChI is InChI=1S/C8H15NO2/c1-6(10)4-7-9-8(2,3)5-11-7/h6,10H,4-5H2,1-3H3. The van der Waals surface area contributed by atoms with Gasteiger partial charge in [-0.2, -0.15) is 0 Å². The molecule has 3 heteroatoms. The molecule has 0 amide bonds. The fourth-order valence-electron chi connectivity index (χ4n) is 1.02. The summed E-state index contributed by atoms with van der Waals surface area (Å²) in [6.07, 6.45) is 0.173. The lowest BCUT2D eigenvalue weighted by Crippen LogP contribution is -2.17. The minimum absolute atomic E-state index is 0.0930. The molecule has 11 heavy (non-hydrogen) atoms. The first-order valence-corrected chi connectivity index (χ1v) is 3.89. The summed E-state index contributed by atoms with van der Waals surface area (Å²) in [5, 5.41) is 9.02. The quantitative estimate of drug-likeness (QED) is 0.648. The molecule has 1 atom stereocenters. The van der Waals surface area contributed by atoms with Crippen LogP contribution in [0.25, 0.3) is 0 Å². The highest BCUT2D eigenvalue weighted by molar-refractivity contribution is 5.78. The lowest BCUT2D eigenvalue weighted by molar-refractivity contribution is 0.190. The molecule has 0 aromatic heterocycles. The van der Waals surface area contributed by atoms with Crippen LogP contribution < -0.4 is 0 Å². The van der Waals surface area contributed by atoms with Crippen molar-refractivity contribution in [1.29, 1.82) is 0 Å². The molecule has 0 aromatic carbocycles. The van der Waals surface area contributed by atoms with E-state index in [-0.39, 0.29) is 11.6 Å². The Morgan fingerprint density at radius 2 is 2.36 bits per heavy atom. The number of hydrogen-bond donors (Lipinski definition) is 1. The normalized spacial score (nSPS) is 24.2. The predicted octanol–water partition coefficient (Wildman–Crippen LogP) is 0.965. The first-order valence-electron chi connectivity index (χ1n) is 3.89. The molecule has 0 fully saturated rings. The fourth-order valence-corrected chi connectivity index (χ4v) is 1.02. The zero-order chi connectivity index (χ0) is 8.48. The van der Waals surface area contributed by atoms with Gasteiger partial charge in [-0.05, 0) is 20.8 Å². The first kappa shape index (κ1) is 8.53. The molecule has 1 rings (SSSR count). The van der Waals surface area contributed by atoms with Gasteiger partial charge in [0.1, 0.15) is 6.61 Å². The lowest BCUT2D eigenvalue weighted by atomic mass is 10.1. The highest BCUT2D eigenvalue weighted by Crippen LogP contribution is 2.18. The second-order valence-electron chi connectivity index (χ2n) is 3.66. The Bertz CT molecular complexity index is 173. The Labute approximate surface area is 67.1 Å². The molecule has 1 unspecified atom stereocenters. The maximum Gasteiger partial charge on any atom is 0.186 e. The van der Waals surface area contributed by atoms with E-state index >= 15 is 0 Å². The van der Waals surface area contributed by atoms with Crippen molar-refractivity contribution in [2.24, 2.45) is 4.99 Å². The third kappa shape index (κ3) is 2.50. The van der Waals surface area contributed by atoms with E-state index in [1.165, 1.54) is 0 Å². The molecular formula is C8H15NO2. The van der Waals surface area contributed by atoms with Crippen molar-refractivity contribution < 1.29 is 9.84 Å². The molecule has 64 valence electrons. The lowest BCUT2D eigenvalue weighted by Gasteiger charge is -2.07. The summed E-state index contributed by atoms with van der Waals surface area (Å²) >= 11 is 0. The van der Waals surface area contributed by atoms with Gasteiger partial charge in [-0.3, -0.25) is 0 Å². The van der Waals surface area contributed by atoms with E-state index in [0.717, 1.165) is 0 Å². The van der Waals surface area contributed by atoms with Crippen LogP contribution in [0.4, 0.5) is 0 Å². The van der Waals surface area contributed by atoms with E-state index in [1.54, 1.807) is 6.92 Å². The van der Waals surface area contributed by atoms with Crippen LogP contribution in [0.5, 0.6) is 0 Å². The van der Waals surface area contributed by atoms with Crippen molar-refractivity contribution in [3.8, 4) is 0 Å². The van der Waals surface area contributed by atoms with E-state index in [0.29, 0.717) is 18.9 Å². The van der Waals surface area contributed by atoms with Gasteiger partial charge in [-0.1, -0.05) is 0 Å². The molecular weight excluding hydrogens is 142 g/mol. The molecule has 0 radical (unpaired) electrons. The summed E-state index contributed by atoms with van der Waals surface area (Å²) in [5.41, 5.74) is -0.0930. The van der Waals surface area contributed by atoms with E-state index in [1.807, 2.05) is 13.8 Å². The van der Waals surface area contributed by atoms with E-state index in [4.69, 9.17) is 9.84 Å². The predicted molar refractivity (Wildman–Crippen MR) is 43.8 cm³/mol. The van der Waals surface area contributed by atoms with Gasteiger partial charge in [0.25, 0.3) is 0 Å². The number of rotatable bonds is 2. The second-order valence-corrected chi connectivity index (χ2v) is 3.66. The fraction of sp³-hybridized carbons (Fsp3) is 0.875. The molecule has 0 aromatic rings. The largest absolute Gasteiger partial charge is 0.478 e. The van der Waals surface area contributed by atoms with Crippen molar-refractivity contribution in [2.75, 3.05) is 6.61 Å². The molecule has 0 spiro atoms. The Morgan fingerprint density at radius 3 is 2.73 bits per heavy atom. The van der Waals surface area contributed by atoms with Gasteiger partial charge in [0.15, 0.2) is 5.90 Å². The maximum absolute atomic E-state index is 9.02. The zero-order valence-electron chi connectivity index (χ0n) is 7.29. The number of aliphatic hydroxyl groups excluding tert-OH is 1. The topological polar surface area (TPSA) is 41.8 Å². The summed E-state index contributed by atoms with van der Waals surface area (Å²) < 4.78 is 5.27. The minimum Gasteiger partial charge on any atom is -0.478 e. The van der Waals surface area contributed by atoms with Crippen molar-refractivity contribution in [3.05, 3.63) is 0 Å². The average molecular weight is 157 g/mol. The van der Waals surface area contributed by atoms with Crippen molar-refractivity contribution in [2.45, 2.75) is 38.8 Å². The van der Waals surface area contributed by atoms with Gasteiger partial charge >= 0.3 is 0 Å². The van der Waals surface area contributed by atoms with Crippen LogP contribution in [-0.2, 0) is 4.74 Å². The van der Waals surface area contributed by atoms with E-state index in [9.17, 15) is 0 Å². The van der Waals surface area contributed by atoms with Gasteiger partial charge < -0.3 is 9.84 Å². The van der Waals surface area contributed by atoms with Crippen LogP contribution in [0.1, 0.15) is 27.2 Å². The molecule has 0 aliphatic carbocycles. The number of nitrogens with zero attached hydrogens (tertiary/aromatic N) is 1. The second kappa shape index (κ2) is 2.81. The number of aliphatic imine (C=N–C) groups is 1. The third-order valence-corrected chi connectivity index (χ3v) is 1.49. The summed E-state index contributed by atoms with van der Waals surface area (Å²) in [6, 6.07) is 0. The van der Waals surface area contributed by atoms with Crippen LogP contribution in [0.3, 0.4) is 0 Å². The van der Waals surface area contributed by atoms with Gasteiger partial charge in [-0.15, -0.1) is 0 Å². The smallest absolute Gasteiger partial charge is 0.186 e. The van der Waals surface area contributed by atoms with Crippen LogP contribution in [-0.4, -0.2) is 29.3 Å². The minimum atomic E-state index is -0.359. The number of hydrogen-bond acceptors (Lipinski definition) is 3. The maximum atomic E-state index is 9.02. The summed E-state index contributed by atoms with van der Waals surface area (Å²) in [7, 11) is 0. The van der Waals surface area contributed by atoms with Gasteiger partial charge in [0.2, 0.25) is 0 Å². The molecule has 1 aliphatic heterocycles. The molecule has 3 nitrogen and oxygen atoms in total. The van der Waals surface area contributed by atoms with E-state index in [2.05, 4.69) is 4.99 Å². The summed E-state index contributed by atoms with van der Waals surface area (Å²) in [6.45, 7) is 6.40. The monoisotopic (exact) mass is 157 g/mol. The highest BCUT2D eigenvalue weighted by atomic mass is 16.5. The molecule has 0 saturated heterocycles. The van der Waals surface area contributed by atoms with Crippen molar-refractivity contribution in [1.82, 2.24) is 0 Å². The molecule has 1 N–H and O–H groups in total. The van der Waals surface area contributed by atoms with Crippen molar-refractivity contribution >= 4 is 5.90 Å². The van der Waals surface area contributed by atoms with Crippen LogP contribution in [0.2, 0.25) is 0 Å². The average Bonchev–Trinajstić information content (AvgIpc) is 2.08. The molecule has 0 saturated carbocycles. The summed E-state index contributed by atoms with van der Waals surface area (Å²) in [4.78, 5) is 4.30. The van der Waals surface area contributed by atoms with Crippen LogP contribution in [0.15, 0.2) is 4.99 Å². The zero-order valence-corrected chi connectivity index (χ0v) is 7.29. The number of ether oxygens (including phenoxy) is 1. The Morgan fingerprint density at radius 1 is 1.73 bits per heavy atom. The van der Waals surface area contributed by atoms with Crippen LogP contribution in [0, 0.1) is 0 Å². The first-order chi connectivity index (χ1) is 4.99. The Balaban J connectivity index is 2.49. The van der Waals surface area contributed by atoms with E-state index < -0.39 is 0 Å². The Kier molecular flexibility index (Phi) is 2.18. The highest BCUT2D eigenvalue weighted by Gasteiger charge is 2.26. The van der Waals surface area contributed by atoms with Gasteiger partial charge in [-0.25, -0.2) is 4.99 Å². The Hall–Kier alpha value is -0.570. The SMILES string of the molecule is CC(O)CC1=NC(C)(C)CO1. The van der Waals surface area contributed by atoms with Crippen molar-refractivity contribution in [3.63, 3.8) is 0 Å².